The molecule has 0 amide bonds. The lowest BCUT2D eigenvalue weighted by Gasteiger charge is -2.36. The van der Waals surface area contributed by atoms with Crippen LogP contribution in [0, 0.1) is 0 Å². The minimum atomic E-state index is -1.82. The Hall–Kier alpha value is -0.770. The van der Waals surface area contributed by atoms with Crippen molar-refractivity contribution < 1.29 is 40.1 Å². The number of carboxylic acids is 1. The monoisotopic (exact) mass is 210 g/mol. The lowest BCUT2D eigenvalue weighted by atomic mass is 9.99. The smallest absolute Gasteiger partial charge is 0.335 e. The predicted molar refractivity (Wildman–Crippen MR) is 38.0 cm³/mol. The van der Waals surface area contributed by atoms with Crippen LogP contribution in [-0.2, 0) is 14.4 Å². The van der Waals surface area contributed by atoms with Crippen molar-refractivity contribution in [3.63, 3.8) is 0 Å². The fraction of sp³-hybridized carbons (Fsp3) is 0.833. The van der Waals surface area contributed by atoms with E-state index >= 15 is 0 Å². The van der Waals surface area contributed by atoms with Gasteiger partial charge in [-0.3, -0.25) is 5.26 Å². The molecular weight excluding hydrogens is 200 g/mol. The van der Waals surface area contributed by atoms with Crippen molar-refractivity contribution in [2.24, 2.45) is 0 Å². The molecule has 14 heavy (non-hydrogen) atoms. The molecule has 0 spiro atoms. The number of rotatable bonds is 2. The third kappa shape index (κ3) is 1.85. The van der Waals surface area contributed by atoms with Crippen LogP contribution >= 0.6 is 0 Å². The normalized spacial score (nSPS) is 43.6. The lowest BCUT2D eigenvalue weighted by molar-refractivity contribution is -0.377. The van der Waals surface area contributed by atoms with Crippen molar-refractivity contribution in [2.75, 3.05) is 0 Å². The Morgan fingerprint density at radius 3 is 2.21 bits per heavy atom. The molecule has 1 unspecified atom stereocenters. The van der Waals surface area contributed by atoms with Gasteiger partial charge in [0.25, 0.3) is 0 Å². The molecule has 1 rings (SSSR count). The minimum absolute atomic E-state index is 1.54. The molecule has 0 aromatic heterocycles. The van der Waals surface area contributed by atoms with Gasteiger partial charge in [0.1, 0.15) is 12.2 Å². The van der Waals surface area contributed by atoms with E-state index in [1.807, 2.05) is 0 Å². The molecule has 1 saturated heterocycles. The van der Waals surface area contributed by atoms with Crippen molar-refractivity contribution in [1.29, 1.82) is 0 Å². The van der Waals surface area contributed by atoms with Crippen LogP contribution in [0.1, 0.15) is 0 Å². The highest BCUT2D eigenvalue weighted by atomic mass is 17.1. The summed E-state index contributed by atoms with van der Waals surface area (Å²) in [5, 5.41) is 44.1. The summed E-state index contributed by atoms with van der Waals surface area (Å²) in [6.07, 6.45) is -8.70. The molecule has 0 aromatic rings. The largest absolute Gasteiger partial charge is 0.479 e. The fourth-order valence-electron chi connectivity index (χ4n) is 1.17. The number of aliphatic carboxylic acids is 1. The second-order valence-corrected chi connectivity index (χ2v) is 2.84. The molecule has 0 radical (unpaired) electrons. The summed E-state index contributed by atoms with van der Waals surface area (Å²) in [6.45, 7) is 0. The Labute approximate surface area is 77.8 Å². The zero-order chi connectivity index (χ0) is 10.9. The topological polar surface area (TPSA) is 137 Å². The number of aliphatic hydroxyl groups excluding tert-OH is 3. The Bertz CT molecular complexity index is 218. The van der Waals surface area contributed by atoms with Crippen LogP contribution in [0.15, 0.2) is 0 Å². The van der Waals surface area contributed by atoms with Crippen LogP contribution in [0.2, 0.25) is 0 Å². The molecule has 0 bridgehead atoms. The number of carbonyl (C=O) groups is 1. The zero-order valence-corrected chi connectivity index (χ0v) is 6.85. The van der Waals surface area contributed by atoms with Crippen LogP contribution in [0.4, 0.5) is 0 Å². The van der Waals surface area contributed by atoms with E-state index in [0.717, 1.165) is 0 Å². The van der Waals surface area contributed by atoms with Gasteiger partial charge in [-0.25, -0.2) is 9.68 Å². The Morgan fingerprint density at radius 1 is 1.21 bits per heavy atom. The molecule has 1 fully saturated rings. The molecule has 5 atom stereocenters. The maximum Gasteiger partial charge on any atom is 0.335 e. The van der Waals surface area contributed by atoms with Gasteiger partial charge in [-0.05, 0) is 0 Å². The number of hydrogen-bond acceptors (Lipinski definition) is 7. The quantitative estimate of drug-likeness (QED) is 0.246. The van der Waals surface area contributed by atoms with Gasteiger partial charge in [0.05, 0.1) is 0 Å². The van der Waals surface area contributed by atoms with E-state index in [9.17, 15) is 9.90 Å². The van der Waals surface area contributed by atoms with Gasteiger partial charge < -0.3 is 25.2 Å². The summed E-state index contributed by atoms with van der Waals surface area (Å²) in [7, 11) is 0. The second-order valence-electron chi connectivity index (χ2n) is 2.84. The molecule has 0 saturated carbocycles. The van der Waals surface area contributed by atoms with Crippen molar-refractivity contribution in [3.8, 4) is 0 Å². The van der Waals surface area contributed by atoms with Gasteiger partial charge in [-0.15, -0.1) is 0 Å². The Morgan fingerprint density at radius 2 is 1.79 bits per heavy atom. The number of hydrogen-bond donors (Lipinski definition) is 5. The maximum atomic E-state index is 10.4. The van der Waals surface area contributed by atoms with Crippen molar-refractivity contribution in [2.45, 2.75) is 30.7 Å². The second kappa shape index (κ2) is 4.17. The zero-order valence-electron chi connectivity index (χ0n) is 6.85. The first kappa shape index (κ1) is 11.3. The predicted octanol–water partition coefficient (Wildman–Crippen LogP) is -2.63. The molecule has 0 aliphatic carbocycles. The molecule has 1 aliphatic heterocycles. The van der Waals surface area contributed by atoms with E-state index in [0.29, 0.717) is 0 Å². The lowest BCUT2D eigenvalue weighted by Crippen LogP contribution is -2.60. The summed E-state index contributed by atoms with van der Waals surface area (Å²) >= 11 is 0. The summed E-state index contributed by atoms with van der Waals surface area (Å²) in [6, 6.07) is 0. The first-order chi connectivity index (χ1) is 6.49. The Kier molecular flexibility index (Phi) is 3.37. The van der Waals surface area contributed by atoms with Crippen molar-refractivity contribution >= 4 is 5.97 Å². The highest BCUT2D eigenvalue weighted by Crippen LogP contribution is 2.21. The van der Waals surface area contributed by atoms with Gasteiger partial charge in [0.2, 0.25) is 0 Å². The number of ether oxygens (including phenoxy) is 1. The van der Waals surface area contributed by atoms with Crippen LogP contribution in [-0.4, -0.2) is 62.4 Å². The van der Waals surface area contributed by atoms with E-state index in [2.05, 4.69) is 9.62 Å². The summed E-state index contributed by atoms with van der Waals surface area (Å²) in [5.74, 6) is -1.54. The third-order valence-corrected chi connectivity index (χ3v) is 1.93. The molecule has 82 valence electrons. The molecule has 1 heterocycles. The Balaban J connectivity index is 2.77. The van der Waals surface area contributed by atoms with Gasteiger partial charge in [0, 0.05) is 0 Å². The highest BCUT2D eigenvalue weighted by Gasteiger charge is 2.48. The number of carboxylic acid groups (broad SMARTS) is 1. The standard InChI is InChI=1S/C6H10O8/c7-1-2(8)4(14-12)6(11)13-3(1)5(9)10/h1-4,6-8,11-12H,(H,9,10)/t1-,2-,3+,4+,6?/m0/s1. The van der Waals surface area contributed by atoms with E-state index in [1.54, 1.807) is 0 Å². The molecule has 8 nitrogen and oxygen atoms in total. The summed E-state index contributed by atoms with van der Waals surface area (Å²) < 4.78 is 4.39. The first-order valence-corrected chi connectivity index (χ1v) is 3.71. The van der Waals surface area contributed by atoms with Gasteiger partial charge in [-0.1, -0.05) is 0 Å². The van der Waals surface area contributed by atoms with Gasteiger partial charge >= 0.3 is 5.97 Å². The van der Waals surface area contributed by atoms with E-state index in [-0.39, 0.29) is 0 Å². The molecule has 8 heteroatoms. The molecule has 1 aliphatic rings. The minimum Gasteiger partial charge on any atom is -0.479 e. The third-order valence-electron chi connectivity index (χ3n) is 1.93. The highest BCUT2D eigenvalue weighted by molar-refractivity contribution is 5.73. The fourth-order valence-corrected chi connectivity index (χ4v) is 1.17. The van der Waals surface area contributed by atoms with Crippen LogP contribution in [0.25, 0.3) is 0 Å². The summed E-state index contributed by atoms with van der Waals surface area (Å²) in [5.41, 5.74) is 0. The van der Waals surface area contributed by atoms with Crippen LogP contribution < -0.4 is 0 Å². The van der Waals surface area contributed by atoms with E-state index in [4.69, 9.17) is 20.6 Å². The maximum absolute atomic E-state index is 10.4. The number of aliphatic hydroxyl groups is 3. The van der Waals surface area contributed by atoms with Crippen molar-refractivity contribution in [1.82, 2.24) is 0 Å². The SMILES string of the molecule is O=C(O)[C@@H]1OC(O)[C@H](OO)[C@@H](O)[C@@H]1O. The molecule has 0 aromatic carbocycles. The molecule has 5 N–H and O–H groups in total. The van der Waals surface area contributed by atoms with Gasteiger partial charge in [-0.2, -0.15) is 0 Å². The average molecular weight is 210 g/mol. The van der Waals surface area contributed by atoms with Crippen molar-refractivity contribution in [3.05, 3.63) is 0 Å². The average Bonchev–Trinajstić information content (AvgIpc) is 2.12. The van der Waals surface area contributed by atoms with Crippen LogP contribution in [0.5, 0.6) is 0 Å². The first-order valence-electron chi connectivity index (χ1n) is 3.71. The van der Waals surface area contributed by atoms with Crippen LogP contribution in [0.3, 0.4) is 0 Å². The van der Waals surface area contributed by atoms with E-state index in [1.165, 1.54) is 0 Å². The molecular formula is C6H10O8. The summed E-state index contributed by atoms with van der Waals surface area (Å²) in [4.78, 5) is 14.1. The van der Waals surface area contributed by atoms with E-state index < -0.39 is 36.7 Å². The van der Waals surface area contributed by atoms with Gasteiger partial charge in [0.15, 0.2) is 18.5 Å².